The van der Waals surface area contributed by atoms with E-state index in [1.807, 2.05) is 0 Å². The molecule has 1 saturated carbocycles. The Kier molecular flexibility index (Phi) is 3.61. The second kappa shape index (κ2) is 4.57. The number of aliphatic hydroxyl groups is 1. The van der Waals surface area contributed by atoms with Crippen molar-refractivity contribution in [3.8, 4) is 0 Å². The van der Waals surface area contributed by atoms with Crippen LogP contribution in [0, 0.1) is 0 Å². The van der Waals surface area contributed by atoms with Gasteiger partial charge in [-0.25, -0.2) is 0 Å². The Morgan fingerprint density at radius 1 is 1.42 bits per heavy atom. The molecule has 0 unspecified atom stereocenters. The lowest BCUT2D eigenvalue weighted by molar-refractivity contribution is -0.160. The number of hydrogen-bond acceptors (Lipinski definition) is 4. The minimum atomic E-state index is -1.92. The maximum atomic E-state index is 11.5. The number of carbonyl (C=O) groups is 1. The second-order valence-corrected chi connectivity index (χ2v) is 12.2. The Labute approximate surface area is 116 Å². The van der Waals surface area contributed by atoms with Gasteiger partial charge in [-0.1, -0.05) is 20.8 Å². The minimum absolute atomic E-state index is 0.108. The Bertz CT molecular complexity index is 374. The molecule has 1 N–H and O–H groups in total. The molecule has 0 aromatic rings. The number of ether oxygens (including phenoxy) is 1. The molecule has 1 aliphatic heterocycles. The van der Waals surface area contributed by atoms with Gasteiger partial charge in [0.05, 0.1) is 12.5 Å². The lowest BCUT2D eigenvalue weighted by Gasteiger charge is -2.42. The van der Waals surface area contributed by atoms with Crippen LogP contribution in [0.3, 0.4) is 0 Å². The van der Waals surface area contributed by atoms with E-state index in [9.17, 15) is 9.90 Å². The van der Waals surface area contributed by atoms with Gasteiger partial charge in [0.1, 0.15) is 6.10 Å². The molecule has 19 heavy (non-hydrogen) atoms. The van der Waals surface area contributed by atoms with Crippen LogP contribution in [0.15, 0.2) is 0 Å². The molecule has 3 atom stereocenters. The van der Waals surface area contributed by atoms with Gasteiger partial charge in [-0.05, 0) is 37.4 Å². The highest BCUT2D eigenvalue weighted by atomic mass is 28.4. The summed E-state index contributed by atoms with van der Waals surface area (Å²) in [4.78, 5) is 11.5. The molecule has 0 bridgehead atoms. The molecule has 0 aromatic heterocycles. The van der Waals surface area contributed by atoms with Crippen molar-refractivity contribution in [2.75, 3.05) is 0 Å². The van der Waals surface area contributed by atoms with E-state index in [0.29, 0.717) is 0 Å². The Morgan fingerprint density at radius 2 is 2.05 bits per heavy atom. The summed E-state index contributed by atoms with van der Waals surface area (Å²) in [5.41, 5.74) is -0.771. The maximum Gasteiger partial charge on any atom is 0.309 e. The summed E-state index contributed by atoms with van der Waals surface area (Å²) in [6.07, 6.45) is 1.80. The highest BCUT2D eigenvalue weighted by Crippen LogP contribution is 2.47. The molecule has 2 fully saturated rings. The molecule has 5 heteroatoms. The summed E-state index contributed by atoms with van der Waals surface area (Å²) in [6, 6.07) is 0. The zero-order valence-electron chi connectivity index (χ0n) is 12.7. The van der Waals surface area contributed by atoms with E-state index in [2.05, 4.69) is 33.9 Å². The van der Waals surface area contributed by atoms with E-state index < -0.39 is 20.0 Å². The third-order valence-electron chi connectivity index (χ3n) is 5.05. The average molecular weight is 286 g/mol. The summed E-state index contributed by atoms with van der Waals surface area (Å²) < 4.78 is 11.9. The predicted molar refractivity (Wildman–Crippen MR) is 75.4 cm³/mol. The third-order valence-corrected chi connectivity index (χ3v) is 9.54. The van der Waals surface area contributed by atoms with Gasteiger partial charge in [0.25, 0.3) is 0 Å². The molecular formula is C14H26O4Si. The van der Waals surface area contributed by atoms with Crippen molar-refractivity contribution in [1.29, 1.82) is 0 Å². The summed E-state index contributed by atoms with van der Waals surface area (Å²) >= 11 is 0. The van der Waals surface area contributed by atoms with Gasteiger partial charge in [0.2, 0.25) is 0 Å². The fourth-order valence-electron chi connectivity index (χ4n) is 2.81. The molecule has 110 valence electrons. The van der Waals surface area contributed by atoms with Gasteiger partial charge in [-0.2, -0.15) is 0 Å². The van der Waals surface area contributed by atoms with Crippen LogP contribution < -0.4 is 0 Å². The van der Waals surface area contributed by atoms with Crippen LogP contribution in [0.1, 0.15) is 46.5 Å². The number of aliphatic hydroxyl groups excluding tert-OH is 1. The summed E-state index contributed by atoms with van der Waals surface area (Å²) in [6.45, 7) is 11.0. The van der Waals surface area contributed by atoms with Crippen LogP contribution in [-0.4, -0.2) is 37.2 Å². The zero-order valence-corrected chi connectivity index (χ0v) is 13.7. The first-order chi connectivity index (χ1) is 8.58. The molecule has 2 aliphatic rings. The topological polar surface area (TPSA) is 55.8 Å². The molecule has 4 nitrogen and oxygen atoms in total. The Hall–Kier alpha value is -0.393. The average Bonchev–Trinajstić information content (AvgIpc) is 2.71. The van der Waals surface area contributed by atoms with Crippen LogP contribution >= 0.6 is 0 Å². The van der Waals surface area contributed by atoms with Crippen molar-refractivity contribution >= 4 is 14.3 Å². The second-order valence-electron chi connectivity index (χ2n) is 7.41. The van der Waals surface area contributed by atoms with Crippen LogP contribution in [0.5, 0.6) is 0 Å². The molecule has 2 rings (SSSR count). The maximum absolute atomic E-state index is 11.5. The van der Waals surface area contributed by atoms with E-state index in [1.54, 1.807) is 0 Å². The number of carbonyl (C=O) groups excluding carboxylic acids is 1. The number of rotatable bonds is 2. The monoisotopic (exact) mass is 286 g/mol. The quantitative estimate of drug-likeness (QED) is 0.626. The van der Waals surface area contributed by atoms with Crippen molar-refractivity contribution in [2.24, 2.45) is 0 Å². The van der Waals surface area contributed by atoms with E-state index in [1.165, 1.54) is 0 Å². The molecule has 0 amide bonds. The Balaban J connectivity index is 2.19. The predicted octanol–water partition coefficient (Wildman–Crippen LogP) is 2.61. The Morgan fingerprint density at radius 3 is 2.53 bits per heavy atom. The van der Waals surface area contributed by atoms with Crippen LogP contribution in [0.2, 0.25) is 18.1 Å². The van der Waals surface area contributed by atoms with Gasteiger partial charge in [0.15, 0.2) is 13.9 Å². The largest absolute Gasteiger partial charge is 0.453 e. The molecule has 1 saturated heterocycles. The van der Waals surface area contributed by atoms with Crippen molar-refractivity contribution in [1.82, 2.24) is 0 Å². The van der Waals surface area contributed by atoms with Gasteiger partial charge >= 0.3 is 5.97 Å². The van der Waals surface area contributed by atoms with Gasteiger partial charge in [-0.3, -0.25) is 4.79 Å². The smallest absolute Gasteiger partial charge is 0.309 e. The molecule has 0 radical (unpaired) electrons. The molecule has 1 aliphatic carbocycles. The van der Waals surface area contributed by atoms with Crippen molar-refractivity contribution in [3.63, 3.8) is 0 Å². The van der Waals surface area contributed by atoms with Crippen LogP contribution in [0.25, 0.3) is 0 Å². The normalized spacial score (nSPS) is 36.0. The first kappa shape index (κ1) is 15.0. The zero-order chi connectivity index (χ0) is 14.5. The van der Waals surface area contributed by atoms with Crippen LogP contribution in [0.4, 0.5) is 0 Å². The van der Waals surface area contributed by atoms with Gasteiger partial charge in [-0.15, -0.1) is 0 Å². The van der Waals surface area contributed by atoms with Crippen molar-refractivity contribution in [3.05, 3.63) is 0 Å². The SMILES string of the molecule is CC(C)(C)[Si](C)(C)O[C@@H]1CCC[C@@]12OC(=O)C[C@@H]2O. The minimum Gasteiger partial charge on any atom is -0.453 e. The number of hydrogen-bond donors (Lipinski definition) is 1. The van der Waals surface area contributed by atoms with Gasteiger partial charge in [0, 0.05) is 0 Å². The molecule has 1 spiro atoms. The fraction of sp³-hybridized carbons (Fsp3) is 0.929. The summed E-state index contributed by atoms with van der Waals surface area (Å²) in [7, 11) is -1.92. The first-order valence-corrected chi connectivity index (χ1v) is 10.1. The van der Waals surface area contributed by atoms with E-state index in [-0.39, 0.29) is 23.5 Å². The van der Waals surface area contributed by atoms with E-state index in [0.717, 1.165) is 19.3 Å². The summed E-state index contributed by atoms with van der Waals surface area (Å²) in [5, 5.41) is 10.3. The van der Waals surface area contributed by atoms with E-state index >= 15 is 0 Å². The third kappa shape index (κ3) is 2.48. The first-order valence-electron chi connectivity index (χ1n) is 7.16. The fourth-order valence-corrected chi connectivity index (χ4v) is 4.19. The molecule has 1 heterocycles. The standard InChI is InChI=1S/C14H26O4Si/c1-13(2,3)19(4,5)18-11-7-6-8-14(11)10(15)9-12(16)17-14/h10-11,15H,6-9H2,1-5H3/t10-,11+,14-/m0/s1. The van der Waals surface area contributed by atoms with E-state index in [4.69, 9.17) is 9.16 Å². The molecular weight excluding hydrogens is 260 g/mol. The lowest BCUT2D eigenvalue weighted by atomic mass is 9.93. The van der Waals surface area contributed by atoms with Crippen LogP contribution in [-0.2, 0) is 14.0 Å². The highest BCUT2D eigenvalue weighted by Gasteiger charge is 2.58. The number of esters is 1. The van der Waals surface area contributed by atoms with Gasteiger partial charge < -0.3 is 14.3 Å². The highest BCUT2D eigenvalue weighted by molar-refractivity contribution is 6.74. The lowest BCUT2D eigenvalue weighted by Crippen LogP contribution is -2.53. The van der Waals surface area contributed by atoms with Crippen molar-refractivity contribution < 1.29 is 19.1 Å². The summed E-state index contributed by atoms with van der Waals surface area (Å²) in [5.74, 6) is -0.293. The van der Waals surface area contributed by atoms with Crippen molar-refractivity contribution in [2.45, 2.75) is 82.4 Å². The molecule has 0 aromatic carbocycles.